The summed E-state index contributed by atoms with van der Waals surface area (Å²) in [6.45, 7) is 3.95. The molecule has 5 rings (SSSR count). The average Bonchev–Trinajstić information content (AvgIpc) is 2.73. The molecule has 6 nitrogen and oxygen atoms in total. The molecule has 2 aromatic carbocycles. The van der Waals surface area contributed by atoms with E-state index in [9.17, 15) is 9.18 Å². The molecule has 31 heavy (non-hydrogen) atoms. The molecule has 0 fully saturated rings. The molecular weight excluding hydrogens is 393 g/mol. The van der Waals surface area contributed by atoms with E-state index in [0.717, 1.165) is 27.7 Å². The molecule has 1 aliphatic rings. The summed E-state index contributed by atoms with van der Waals surface area (Å²) in [7, 11) is 0. The number of anilines is 2. The Morgan fingerprint density at radius 1 is 0.968 bits per heavy atom. The maximum absolute atomic E-state index is 13.3. The van der Waals surface area contributed by atoms with Crippen molar-refractivity contribution < 1.29 is 9.18 Å². The van der Waals surface area contributed by atoms with Gasteiger partial charge in [0.25, 0.3) is 0 Å². The largest absolute Gasteiger partial charge is 0.294 e. The number of nitrogens with zero attached hydrogens (tertiary/aromatic N) is 4. The molecule has 1 atom stereocenters. The summed E-state index contributed by atoms with van der Waals surface area (Å²) in [5, 5.41) is 4.07. The van der Waals surface area contributed by atoms with Crippen LogP contribution >= 0.6 is 0 Å². The molecule has 0 amide bonds. The van der Waals surface area contributed by atoms with Gasteiger partial charge in [-0.1, -0.05) is 24.3 Å². The van der Waals surface area contributed by atoms with Crippen LogP contribution in [0.25, 0.3) is 10.9 Å². The highest BCUT2D eigenvalue weighted by atomic mass is 19.1. The highest BCUT2D eigenvalue weighted by molar-refractivity contribution is 5.98. The lowest BCUT2D eigenvalue weighted by Crippen LogP contribution is -2.21. The number of ketones is 1. The molecule has 1 N–H and O–H groups in total. The van der Waals surface area contributed by atoms with Crippen molar-refractivity contribution >= 4 is 28.6 Å². The van der Waals surface area contributed by atoms with Gasteiger partial charge in [0.05, 0.1) is 22.5 Å². The van der Waals surface area contributed by atoms with Gasteiger partial charge < -0.3 is 0 Å². The Hall–Kier alpha value is -3.74. The maximum Gasteiger partial charge on any atom is 0.230 e. The fourth-order valence-corrected chi connectivity index (χ4v) is 4.03. The lowest BCUT2D eigenvalue weighted by Gasteiger charge is -2.23. The van der Waals surface area contributed by atoms with Crippen LogP contribution in [0.3, 0.4) is 0 Å². The first kappa shape index (κ1) is 19.2. The molecule has 0 aliphatic heterocycles. The zero-order valence-electron chi connectivity index (χ0n) is 17.2. The fraction of sp³-hybridized carbons (Fsp3) is 0.208. The molecule has 0 unspecified atom stereocenters. The normalized spacial score (nSPS) is 15.7. The van der Waals surface area contributed by atoms with Crippen LogP contribution in [0.5, 0.6) is 0 Å². The number of aromatic nitrogens is 4. The maximum atomic E-state index is 13.3. The van der Waals surface area contributed by atoms with Crippen molar-refractivity contribution in [3.63, 3.8) is 0 Å². The predicted molar refractivity (Wildman–Crippen MR) is 116 cm³/mol. The number of halogens is 1. The molecule has 4 aromatic rings. The summed E-state index contributed by atoms with van der Waals surface area (Å²) in [6.07, 6.45) is 2.51. The van der Waals surface area contributed by atoms with Gasteiger partial charge in [-0.25, -0.2) is 24.3 Å². The Morgan fingerprint density at radius 2 is 1.77 bits per heavy atom. The van der Waals surface area contributed by atoms with Crippen molar-refractivity contribution in [2.24, 2.45) is 0 Å². The lowest BCUT2D eigenvalue weighted by atomic mass is 9.82. The van der Waals surface area contributed by atoms with Crippen molar-refractivity contribution in [3.05, 3.63) is 82.6 Å². The number of fused-ring (bicyclic) bond motifs is 2. The molecule has 0 saturated carbocycles. The highest BCUT2D eigenvalue weighted by Gasteiger charge is 2.28. The number of hydrogen-bond acceptors (Lipinski definition) is 6. The zero-order chi connectivity index (χ0) is 21.5. The summed E-state index contributed by atoms with van der Waals surface area (Å²) in [4.78, 5) is 30.6. The first-order valence-electron chi connectivity index (χ1n) is 10.1. The Kier molecular flexibility index (Phi) is 4.66. The molecule has 7 heteroatoms. The minimum Gasteiger partial charge on any atom is -0.294 e. The van der Waals surface area contributed by atoms with Gasteiger partial charge >= 0.3 is 0 Å². The monoisotopic (exact) mass is 413 g/mol. The molecule has 0 radical (unpaired) electrons. The van der Waals surface area contributed by atoms with Crippen LogP contribution in [-0.2, 0) is 6.42 Å². The zero-order valence-corrected chi connectivity index (χ0v) is 17.2. The fourth-order valence-electron chi connectivity index (χ4n) is 4.03. The molecule has 2 heterocycles. The first-order chi connectivity index (χ1) is 15.0. The lowest BCUT2D eigenvalue weighted by molar-refractivity contribution is 0.0962. The predicted octanol–water partition coefficient (Wildman–Crippen LogP) is 4.83. The number of hydrogen-bond donors (Lipinski definition) is 1. The number of carbonyl (C=O) groups is 1. The summed E-state index contributed by atoms with van der Waals surface area (Å²) in [6, 6.07) is 12.4. The SMILES string of the molecule is Cc1ccc2c(C)nc(Nc3ncc4c(n3)C[C@@H](c3ccc(F)cc3)CC4=O)nc2c1. The number of Topliss-reactive ketones (excluding diaryl/α,β-unsaturated/α-hetero) is 1. The number of carbonyl (C=O) groups excluding carboxylic acids is 1. The smallest absolute Gasteiger partial charge is 0.230 e. The Bertz CT molecular complexity index is 1320. The summed E-state index contributed by atoms with van der Waals surface area (Å²) < 4.78 is 13.3. The van der Waals surface area contributed by atoms with Gasteiger partial charge in [0.1, 0.15) is 5.82 Å². The highest BCUT2D eigenvalue weighted by Crippen LogP contribution is 2.32. The second kappa shape index (κ2) is 7.50. The van der Waals surface area contributed by atoms with Gasteiger partial charge in [0, 0.05) is 18.0 Å². The van der Waals surface area contributed by atoms with Crippen LogP contribution in [0.2, 0.25) is 0 Å². The van der Waals surface area contributed by atoms with E-state index in [1.54, 1.807) is 18.3 Å². The molecule has 0 bridgehead atoms. The minimum atomic E-state index is -0.291. The first-order valence-corrected chi connectivity index (χ1v) is 10.1. The molecule has 154 valence electrons. The van der Waals surface area contributed by atoms with Crippen molar-refractivity contribution in [3.8, 4) is 0 Å². The third kappa shape index (κ3) is 3.74. The third-order valence-corrected chi connectivity index (χ3v) is 5.65. The Balaban J connectivity index is 1.45. The van der Waals surface area contributed by atoms with Crippen LogP contribution in [0.4, 0.5) is 16.3 Å². The van der Waals surface area contributed by atoms with Crippen LogP contribution in [0, 0.1) is 19.7 Å². The van der Waals surface area contributed by atoms with E-state index in [1.807, 2.05) is 32.0 Å². The van der Waals surface area contributed by atoms with Gasteiger partial charge in [-0.05, 0) is 55.5 Å². The van der Waals surface area contributed by atoms with E-state index in [0.29, 0.717) is 36.0 Å². The van der Waals surface area contributed by atoms with Crippen molar-refractivity contribution in [1.29, 1.82) is 0 Å². The van der Waals surface area contributed by atoms with Gasteiger partial charge in [-0.15, -0.1) is 0 Å². The van der Waals surface area contributed by atoms with Gasteiger partial charge in [0.2, 0.25) is 11.9 Å². The summed E-state index contributed by atoms with van der Waals surface area (Å²) >= 11 is 0. The van der Waals surface area contributed by atoms with Crippen LogP contribution in [0.15, 0.2) is 48.7 Å². The molecule has 1 aliphatic carbocycles. The second-order valence-electron chi connectivity index (χ2n) is 7.91. The molecule has 2 aromatic heterocycles. The van der Waals surface area contributed by atoms with Crippen LogP contribution in [0.1, 0.15) is 45.2 Å². The number of nitrogens with one attached hydrogen (secondary N) is 1. The van der Waals surface area contributed by atoms with E-state index in [1.165, 1.54) is 12.1 Å². The topological polar surface area (TPSA) is 80.7 Å². The Morgan fingerprint density at radius 3 is 2.58 bits per heavy atom. The average molecular weight is 413 g/mol. The second-order valence-corrected chi connectivity index (χ2v) is 7.91. The van der Waals surface area contributed by atoms with Crippen LogP contribution in [-0.4, -0.2) is 25.7 Å². The van der Waals surface area contributed by atoms with Gasteiger partial charge in [-0.2, -0.15) is 0 Å². The van der Waals surface area contributed by atoms with Crippen molar-refractivity contribution in [2.45, 2.75) is 32.6 Å². The van der Waals surface area contributed by atoms with Crippen molar-refractivity contribution in [1.82, 2.24) is 19.9 Å². The molecular formula is C24H20FN5O. The van der Waals surface area contributed by atoms with Crippen LogP contribution < -0.4 is 5.32 Å². The van der Waals surface area contributed by atoms with Crippen molar-refractivity contribution in [2.75, 3.05) is 5.32 Å². The quantitative estimate of drug-likeness (QED) is 0.518. The number of benzene rings is 2. The van der Waals surface area contributed by atoms with E-state index in [2.05, 4.69) is 25.3 Å². The third-order valence-electron chi connectivity index (χ3n) is 5.65. The van der Waals surface area contributed by atoms with Gasteiger partial charge in [-0.3, -0.25) is 10.1 Å². The summed E-state index contributed by atoms with van der Waals surface area (Å²) in [5.41, 5.74) is 4.97. The summed E-state index contributed by atoms with van der Waals surface area (Å²) in [5.74, 6) is 0.423. The van der Waals surface area contributed by atoms with Gasteiger partial charge in [0.15, 0.2) is 5.78 Å². The standard InChI is InChI=1S/C24H20FN5O/c1-13-3-8-18-14(2)27-24(29-20(18)9-13)30-23-26-12-19-21(28-23)10-16(11-22(19)31)15-4-6-17(25)7-5-15/h3-9,12,16H,10-11H2,1-2H3,(H,26,27,28,29,30)/t16-/m1/s1. The van der Waals surface area contributed by atoms with E-state index in [-0.39, 0.29) is 17.5 Å². The molecule has 0 saturated heterocycles. The number of aryl methyl sites for hydroxylation is 2. The van der Waals surface area contributed by atoms with E-state index in [4.69, 9.17) is 0 Å². The minimum absolute atomic E-state index is 0.00426. The molecule has 0 spiro atoms. The van der Waals surface area contributed by atoms with E-state index < -0.39 is 0 Å². The Labute approximate surface area is 178 Å². The number of rotatable bonds is 3. The van der Waals surface area contributed by atoms with E-state index >= 15 is 0 Å².